The Labute approximate surface area is 127 Å². The van der Waals surface area contributed by atoms with E-state index in [-0.39, 0.29) is 6.61 Å². The van der Waals surface area contributed by atoms with Crippen LogP contribution in [0.4, 0.5) is 0 Å². The van der Waals surface area contributed by atoms with Crippen molar-refractivity contribution in [2.45, 2.75) is 32.3 Å². The van der Waals surface area contributed by atoms with Gasteiger partial charge in [-0.15, -0.1) is 0 Å². The van der Waals surface area contributed by atoms with Crippen LogP contribution in [0.1, 0.15) is 32.3 Å². The van der Waals surface area contributed by atoms with Crippen molar-refractivity contribution in [3.8, 4) is 11.5 Å². The number of rotatable bonds is 10. The second-order valence-electron chi connectivity index (χ2n) is 4.88. The molecule has 0 fully saturated rings. The maximum atomic E-state index is 10.9. The molecular weight excluding hydrogens is 270 g/mol. The van der Waals surface area contributed by atoms with E-state index in [1.54, 1.807) is 7.11 Å². The van der Waals surface area contributed by atoms with Crippen LogP contribution < -0.4 is 15.2 Å². The monoisotopic (exact) mass is 297 g/mol. The molecule has 0 aliphatic rings. The second kappa shape index (κ2) is 8.87. The maximum absolute atomic E-state index is 10.9. The van der Waals surface area contributed by atoms with Gasteiger partial charge in [-0.1, -0.05) is 6.07 Å². The lowest BCUT2D eigenvalue weighted by molar-refractivity contribution is -0.0431. The summed E-state index contributed by atoms with van der Waals surface area (Å²) in [5.74, 6) is 1.32. The van der Waals surface area contributed by atoms with Crippen molar-refractivity contribution in [1.29, 1.82) is 0 Å². The number of nitrogens with two attached hydrogens (primary N) is 1. The molecule has 0 aromatic heterocycles. The first-order chi connectivity index (χ1) is 10.1. The Morgan fingerprint density at radius 1 is 1.14 bits per heavy atom. The van der Waals surface area contributed by atoms with Crippen molar-refractivity contribution in [2.75, 3.05) is 33.5 Å². The van der Waals surface area contributed by atoms with Gasteiger partial charge in [0.15, 0.2) is 11.5 Å². The highest BCUT2D eigenvalue weighted by molar-refractivity contribution is 5.44. The van der Waals surface area contributed by atoms with Crippen LogP contribution in [0.3, 0.4) is 0 Å². The fourth-order valence-corrected chi connectivity index (χ4v) is 2.27. The summed E-state index contributed by atoms with van der Waals surface area (Å²) in [4.78, 5) is 0. The van der Waals surface area contributed by atoms with E-state index in [9.17, 15) is 5.11 Å². The third-order valence-electron chi connectivity index (χ3n) is 3.26. The average Bonchev–Trinajstić information content (AvgIpc) is 2.47. The fraction of sp³-hybridized carbons (Fsp3) is 0.625. The van der Waals surface area contributed by atoms with Crippen LogP contribution in [0.5, 0.6) is 11.5 Å². The normalized spacial score (nSPS) is 13.8. The lowest BCUT2D eigenvalue weighted by Gasteiger charge is -2.28. The molecule has 0 saturated heterocycles. The summed E-state index contributed by atoms with van der Waals surface area (Å²) in [6.45, 7) is 5.68. The zero-order valence-corrected chi connectivity index (χ0v) is 13.2. The van der Waals surface area contributed by atoms with Gasteiger partial charge in [0.1, 0.15) is 5.60 Å². The van der Waals surface area contributed by atoms with E-state index in [0.717, 1.165) is 12.0 Å². The van der Waals surface area contributed by atoms with Crippen molar-refractivity contribution >= 4 is 0 Å². The Morgan fingerprint density at radius 2 is 1.81 bits per heavy atom. The zero-order chi connectivity index (χ0) is 15.7. The molecule has 5 nitrogen and oxygen atoms in total. The number of aliphatic hydroxyl groups is 1. The third kappa shape index (κ3) is 4.88. The average molecular weight is 297 g/mol. The molecule has 0 aliphatic heterocycles. The van der Waals surface area contributed by atoms with Crippen molar-refractivity contribution in [2.24, 2.45) is 5.73 Å². The molecular formula is C16H27NO4. The Morgan fingerprint density at radius 3 is 2.38 bits per heavy atom. The van der Waals surface area contributed by atoms with E-state index in [1.807, 2.05) is 32.0 Å². The van der Waals surface area contributed by atoms with Crippen LogP contribution in [0, 0.1) is 0 Å². The maximum Gasteiger partial charge on any atom is 0.161 e. The summed E-state index contributed by atoms with van der Waals surface area (Å²) < 4.78 is 16.3. The SMILES string of the molecule is CCOc1ccc(C(O)(CCCN)COC)cc1OCC. The molecule has 0 amide bonds. The van der Waals surface area contributed by atoms with Gasteiger partial charge >= 0.3 is 0 Å². The number of ether oxygens (including phenoxy) is 3. The van der Waals surface area contributed by atoms with Crippen LogP contribution in [-0.4, -0.2) is 38.6 Å². The Bertz CT molecular complexity index is 425. The number of hydrogen-bond donors (Lipinski definition) is 2. The van der Waals surface area contributed by atoms with E-state index in [1.165, 1.54) is 0 Å². The largest absolute Gasteiger partial charge is 0.490 e. The number of hydrogen-bond acceptors (Lipinski definition) is 5. The predicted octanol–water partition coefficient (Wildman–Crippen LogP) is 2.06. The van der Waals surface area contributed by atoms with Crippen LogP contribution in [0.15, 0.2) is 18.2 Å². The molecule has 0 bridgehead atoms. The van der Waals surface area contributed by atoms with Gasteiger partial charge in [0.05, 0.1) is 19.8 Å². The highest BCUT2D eigenvalue weighted by atomic mass is 16.5. The van der Waals surface area contributed by atoms with E-state index < -0.39 is 5.60 Å². The molecule has 0 aliphatic carbocycles. The third-order valence-corrected chi connectivity index (χ3v) is 3.26. The fourth-order valence-electron chi connectivity index (χ4n) is 2.27. The Kier molecular flexibility index (Phi) is 7.50. The van der Waals surface area contributed by atoms with Crippen molar-refractivity contribution in [3.05, 3.63) is 23.8 Å². The molecule has 1 aromatic rings. The van der Waals surface area contributed by atoms with Gasteiger partial charge in [-0.05, 0) is 50.9 Å². The number of benzene rings is 1. The summed E-state index contributed by atoms with van der Waals surface area (Å²) in [6, 6.07) is 5.50. The molecule has 5 heteroatoms. The first kappa shape index (κ1) is 17.8. The molecule has 0 heterocycles. The molecule has 0 radical (unpaired) electrons. The smallest absolute Gasteiger partial charge is 0.161 e. The molecule has 0 spiro atoms. The summed E-state index contributed by atoms with van der Waals surface area (Å²) in [7, 11) is 1.57. The van der Waals surface area contributed by atoms with Crippen molar-refractivity contribution in [3.63, 3.8) is 0 Å². The minimum Gasteiger partial charge on any atom is -0.490 e. The first-order valence-electron chi connectivity index (χ1n) is 7.42. The summed E-state index contributed by atoms with van der Waals surface area (Å²) >= 11 is 0. The lowest BCUT2D eigenvalue weighted by Crippen LogP contribution is -2.32. The second-order valence-corrected chi connectivity index (χ2v) is 4.88. The van der Waals surface area contributed by atoms with Gasteiger partial charge < -0.3 is 25.1 Å². The van der Waals surface area contributed by atoms with Gasteiger partial charge in [0.25, 0.3) is 0 Å². The topological polar surface area (TPSA) is 73.9 Å². The molecule has 21 heavy (non-hydrogen) atoms. The Hall–Kier alpha value is -1.30. The van der Waals surface area contributed by atoms with Crippen molar-refractivity contribution < 1.29 is 19.3 Å². The number of methoxy groups -OCH3 is 1. The molecule has 1 atom stereocenters. The highest BCUT2D eigenvalue weighted by Gasteiger charge is 2.29. The van der Waals surface area contributed by atoms with E-state index >= 15 is 0 Å². The van der Waals surface area contributed by atoms with Gasteiger partial charge in [-0.25, -0.2) is 0 Å². The molecule has 1 unspecified atom stereocenters. The van der Waals surface area contributed by atoms with Crippen molar-refractivity contribution in [1.82, 2.24) is 0 Å². The van der Waals surface area contributed by atoms with Crippen LogP contribution in [0.25, 0.3) is 0 Å². The summed E-state index contributed by atoms with van der Waals surface area (Å²) in [5, 5.41) is 10.9. The van der Waals surface area contributed by atoms with E-state index in [2.05, 4.69) is 0 Å². The first-order valence-corrected chi connectivity index (χ1v) is 7.42. The van der Waals surface area contributed by atoms with Gasteiger partial charge in [0, 0.05) is 7.11 Å². The van der Waals surface area contributed by atoms with Crippen LogP contribution >= 0.6 is 0 Å². The van der Waals surface area contributed by atoms with E-state index in [4.69, 9.17) is 19.9 Å². The molecule has 120 valence electrons. The van der Waals surface area contributed by atoms with Gasteiger partial charge in [-0.3, -0.25) is 0 Å². The summed E-state index contributed by atoms with van der Waals surface area (Å²) in [6.07, 6.45) is 1.26. The van der Waals surface area contributed by atoms with Crippen LogP contribution in [-0.2, 0) is 10.3 Å². The van der Waals surface area contributed by atoms with Gasteiger partial charge in [0.2, 0.25) is 0 Å². The van der Waals surface area contributed by atoms with E-state index in [0.29, 0.717) is 37.7 Å². The summed E-state index contributed by atoms with van der Waals surface area (Å²) in [5.41, 5.74) is 5.24. The highest BCUT2D eigenvalue weighted by Crippen LogP contribution is 2.35. The lowest BCUT2D eigenvalue weighted by atomic mass is 9.89. The molecule has 1 aromatic carbocycles. The Balaban J connectivity index is 3.10. The minimum absolute atomic E-state index is 0.215. The van der Waals surface area contributed by atoms with Gasteiger partial charge in [-0.2, -0.15) is 0 Å². The zero-order valence-electron chi connectivity index (χ0n) is 13.2. The van der Waals surface area contributed by atoms with Crippen LogP contribution in [0.2, 0.25) is 0 Å². The quantitative estimate of drug-likeness (QED) is 0.691. The minimum atomic E-state index is -1.06. The standard InChI is InChI=1S/C16H27NO4/c1-4-20-14-8-7-13(11-15(14)21-5-2)16(18,12-19-3)9-6-10-17/h7-8,11,18H,4-6,9-10,12,17H2,1-3H3. The molecule has 0 saturated carbocycles. The predicted molar refractivity (Wildman–Crippen MR) is 82.8 cm³/mol. The molecule has 3 N–H and O–H groups in total. The molecule has 1 rings (SSSR count).